The minimum absolute atomic E-state index is 0.0710. The van der Waals surface area contributed by atoms with Crippen molar-refractivity contribution >= 4 is 17.7 Å². The number of ether oxygens (including phenoxy) is 1. The van der Waals surface area contributed by atoms with Crippen molar-refractivity contribution in [2.75, 3.05) is 18.6 Å². The Kier molecular flexibility index (Phi) is 4.83. The van der Waals surface area contributed by atoms with E-state index in [-0.39, 0.29) is 11.4 Å². The number of hydrogen-bond acceptors (Lipinski definition) is 4. The number of esters is 1. The first kappa shape index (κ1) is 15.2. The molecule has 1 aliphatic carbocycles. The smallest absolute Gasteiger partial charge is 0.326 e. The predicted octanol–water partition coefficient (Wildman–Crippen LogP) is 2.98. The van der Waals surface area contributed by atoms with Gasteiger partial charge in [0.15, 0.2) is 0 Å². The van der Waals surface area contributed by atoms with Crippen molar-refractivity contribution in [1.82, 2.24) is 5.32 Å². The van der Waals surface area contributed by atoms with Gasteiger partial charge < -0.3 is 4.74 Å². The molecule has 1 saturated carbocycles. The summed E-state index contributed by atoms with van der Waals surface area (Å²) in [7, 11) is 1.51. The van der Waals surface area contributed by atoms with Crippen LogP contribution < -0.4 is 5.32 Å². The molecule has 2 fully saturated rings. The summed E-state index contributed by atoms with van der Waals surface area (Å²) < 4.78 is 5.11. The molecule has 1 saturated heterocycles. The summed E-state index contributed by atoms with van der Waals surface area (Å²) in [5.74, 6) is 1.90. The van der Waals surface area contributed by atoms with E-state index in [9.17, 15) is 4.79 Å². The van der Waals surface area contributed by atoms with E-state index in [1.54, 1.807) is 0 Å². The molecule has 0 aromatic heterocycles. The highest BCUT2D eigenvalue weighted by Crippen LogP contribution is 2.40. The second-order valence-corrected chi connectivity index (χ2v) is 7.87. The number of hydrogen-bond donors (Lipinski definition) is 1. The summed E-state index contributed by atoms with van der Waals surface area (Å²) in [5, 5.41) is 3.68. The summed E-state index contributed by atoms with van der Waals surface area (Å²) in [6.45, 7) is 4.50. The molecule has 3 nitrogen and oxygen atoms in total. The minimum Gasteiger partial charge on any atom is -0.468 e. The van der Waals surface area contributed by atoms with Crippen molar-refractivity contribution in [1.29, 1.82) is 0 Å². The number of rotatable bonds is 3. The number of thioether (sulfide) groups is 1. The summed E-state index contributed by atoms with van der Waals surface area (Å²) in [6.07, 6.45) is 7.18. The molecule has 19 heavy (non-hydrogen) atoms. The maximum Gasteiger partial charge on any atom is 0.326 e. The van der Waals surface area contributed by atoms with E-state index in [4.69, 9.17) is 4.74 Å². The largest absolute Gasteiger partial charge is 0.468 e. The third-order valence-corrected chi connectivity index (χ3v) is 5.97. The quantitative estimate of drug-likeness (QED) is 0.809. The average Bonchev–Trinajstić information content (AvgIpc) is 2.37. The molecule has 2 aliphatic rings. The van der Waals surface area contributed by atoms with Crippen LogP contribution in [0.3, 0.4) is 0 Å². The summed E-state index contributed by atoms with van der Waals surface area (Å²) >= 11 is 1.88. The molecule has 110 valence electrons. The fourth-order valence-corrected chi connectivity index (χ4v) is 4.94. The van der Waals surface area contributed by atoms with E-state index < -0.39 is 5.54 Å². The van der Waals surface area contributed by atoms with Gasteiger partial charge in [0.2, 0.25) is 0 Å². The van der Waals surface area contributed by atoms with Gasteiger partial charge in [0.25, 0.3) is 0 Å². The maximum absolute atomic E-state index is 12.4. The van der Waals surface area contributed by atoms with Crippen LogP contribution in [0.1, 0.15) is 52.4 Å². The van der Waals surface area contributed by atoms with Crippen LogP contribution in [0.25, 0.3) is 0 Å². The zero-order valence-corrected chi connectivity index (χ0v) is 13.3. The Hall–Kier alpha value is -0.220. The Balaban J connectivity index is 2.12. The van der Waals surface area contributed by atoms with Crippen LogP contribution >= 0.6 is 11.8 Å². The van der Waals surface area contributed by atoms with E-state index in [1.807, 2.05) is 11.8 Å². The van der Waals surface area contributed by atoms with Crippen LogP contribution in [0.2, 0.25) is 0 Å². The number of methoxy groups -OCH3 is 1. The first-order chi connectivity index (χ1) is 8.97. The molecule has 0 bridgehead atoms. The van der Waals surface area contributed by atoms with Crippen LogP contribution in [0, 0.1) is 5.41 Å². The van der Waals surface area contributed by atoms with Crippen LogP contribution in [0.5, 0.6) is 0 Å². The predicted molar refractivity (Wildman–Crippen MR) is 80.5 cm³/mol. The Labute approximate surface area is 121 Å². The lowest BCUT2D eigenvalue weighted by Gasteiger charge is -2.45. The van der Waals surface area contributed by atoms with E-state index in [0.717, 1.165) is 17.9 Å². The van der Waals surface area contributed by atoms with E-state index in [2.05, 4.69) is 19.2 Å². The van der Waals surface area contributed by atoms with Crippen LogP contribution in [-0.4, -0.2) is 36.2 Å². The van der Waals surface area contributed by atoms with Gasteiger partial charge in [0, 0.05) is 11.8 Å². The third-order valence-electron chi connectivity index (χ3n) is 4.28. The third kappa shape index (κ3) is 3.66. The van der Waals surface area contributed by atoms with Gasteiger partial charge in [-0.3, -0.25) is 10.1 Å². The molecule has 1 atom stereocenters. The topological polar surface area (TPSA) is 38.3 Å². The summed E-state index contributed by atoms with van der Waals surface area (Å²) in [4.78, 5) is 12.4. The Morgan fingerprint density at radius 3 is 2.47 bits per heavy atom. The highest BCUT2D eigenvalue weighted by Gasteiger charge is 2.48. The van der Waals surface area contributed by atoms with Gasteiger partial charge in [-0.25, -0.2) is 0 Å². The second kappa shape index (κ2) is 6.04. The van der Waals surface area contributed by atoms with Crippen LogP contribution in [0.4, 0.5) is 0 Å². The van der Waals surface area contributed by atoms with E-state index >= 15 is 0 Å². The molecule has 1 heterocycles. The lowest BCUT2D eigenvalue weighted by molar-refractivity contribution is -0.149. The van der Waals surface area contributed by atoms with Gasteiger partial charge in [-0.2, -0.15) is 11.8 Å². The normalized spacial score (nSPS) is 31.9. The van der Waals surface area contributed by atoms with Gasteiger partial charge in [0.05, 0.1) is 7.11 Å². The highest BCUT2D eigenvalue weighted by atomic mass is 32.2. The van der Waals surface area contributed by atoms with Crippen LogP contribution in [0.15, 0.2) is 0 Å². The Morgan fingerprint density at radius 1 is 1.21 bits per heavy atom. The Morgan fingerprint density at radius 2 is 1.89 bits per heavy atom. The molecule has 1 N–H and O–H groups in total. The summed E-state index contributed by atoms with van der Waals surface area (Å²) in [6, 6.07) is 0.488. The monoisotopic (exact) mass is 285 g/mol. The maximum atomic E-state index is 12.4. The molecule has 1 aliphatic heterocycles. The molecule has 4 heteroatoms. The lowest BCUT2D eigenvalue weighted by atomic mass is 9.78. The first-order valence-electron chi connectivity index (χ1n) is 7.41. The zero-order valence-electron chi connectivity index (χ0n) is 12.5. The highest BCUT2D eigenvalue weighted by molar-refractivity contribution is 7.99. The van der Waals surface area contributed by atoms with Crippen LogP contribution in [-0.2, 0) is 9.53 Å². The van der Waals surface area contributed by atoms with E-state index in [0.29, 0.717) is 6.04 Å². The van der Waals surface area contributed by atoms with Crippen molar-refractivity contribution in [2.24, 2.45) is 5.41 Å². The van der Waals surface area contributed by atoms with Crippen molar-refractivity contribution in [3.05, 3.63) is 0 Å². The SMILES string of the molecule is COC(=O)C1(NC2CCCCC2)CSCC(C)(C)C1. The van der Waals surface area contributed by atoms with E-state index in [1.165, 1.54) is 39.2 Å². The van der Waals surface area contributed by atoms with Crippen molar-refractivity contribution in [2.45, 2.75) is 64.0 Å². The molecule has 0 spiro atoms. The van der Waals surface area contributed by atoms with Gasteiger partial charge >= 0.3 is 5.97 Å². The number of nitrogens with one attached hydrogen (secondary N) is 1. The molecule has 0 amide bonds. The van der Waals surface area contributed by atoms with Gasteiger partial charge in [-0.1, -0.05) is 33.1 Å². The van der Waals surface area contributed by atoms with Crippen molar-refractivity contribution < 1.29 is 9.53 Å². The lowest BCUT2D eigenvalue weighted by Crippen LogP contribution is -2.62. The Bertz CT molecular complexity index is 326. The van der Waals surface area contributed by atoms with Gasteiger partial charge in [0.1, 0.15) is 5.54 Å². The molecule has 0 aromatic rings. The van der Waals surface area contributed by atoms with Gasteiger partial charge in [-0.05, 0) is 30.4 Å². The molecule has 0 radical (unpaired) electrons. The summed E-state index contributed by atoms with van der Waals surface area (Å²) in [5.41, 5.74) is -0.276. The van der Waals surface area contributed by atoms with Gasteiger partial charge in [-0.15, -0.1) is 0 Å². The number of carbonyl (C=O) groups is 1. The molecule has 2 rings (SSSR count). The standard InChI is InChI=1S/C15H27NO2S/c1-14(2)9-15(11-19-10-14,13(17)18-3)16-12-7-5-4-6-8-12/h12,16H,4-11H2,1-3H3. The number of carbonyl (C=O) groups excluding carboxylic acids is 1. The second-order valence-electron chi connectivity index (χ2n) is 6.89. The zero-order chi connectivity index (χ0) is 13.9. The van der Waals surface area contributed by atoms with Crippen molar-refractivity contribution in [3.8, 4) is 0 Å². The fourth-order valence-electron chi connectivity index (χ4n) is 3.54. The molecule has 1 unspecified atom stereocenters. The molecular weight excluding hydrogens is 258 g/mol. The minimum atomic E-state index is -0.469. The first-order valence-corrected chi connectivity index (χ1v) is 8.57. The molecular formula is C15H27NO2S. The average molecular weight is 285 g/mol. The fraction of sp³-hybridized carbons (Fsp3) is 0.933. The molecule has 0 aromatic carbocycles. The van der Waals surface area contributed by atoms with Crippen molar-refractivity contribution in [3.63, 3.8) is 0 Å².